The number of rotatable bonds is 4. The normalized spacial score (nSPS) is 13.3. The zero-order chi connectivity index (χ0) is 13.1. The second-order valence-electron chi connectivity index (χ2n) is 5.29. The summed E-state index contributed by atoms with van der Waals surface area (Å²) in [6, 6.07) is 6.00. The number of anilines is 1. The van der Waals surface area contributed by atoms with Crippen LogP contribution in [0.15, 0.2) is 18.2 Å². The lowest BCUT2D eigenvalue weighted by atomic mass is 10.1. The molecule has 3 nitrogen and oxygen atoms in total. The van der Waals surface area contributed by atoms with E-state index in [1.807, 2.05) is 30.0 Å². The molecule has 0 saturated carbocycles. The highest BCUT2D eigenvalue weighted by Gasteiger charge is 2.18. The predicted molar refractivity (Wildman–Crippen MR) is 75.1 cm³/mol. The number of hydrogen-bond donors (Lipinski definition) is 1. The first-order chi connectivity index (χ1) is 8.61. The molecule has 0 radical (unpaired) electrons. The smallest absolute Gasteiger partial charge is 0.253 e. The van der Waals surface area contributed by atoms with Crippen LogP contribution in [0.2, 0.25) is 0 Å². The molecular weight excluding hydrogens is 224 g/mol. The van der Waals surface area contributed by atoms with Gasteiger partial charge in [-0.2, -0.15) is 0 Å². The van der Waals surface area contributed by atoms with Crippen molar-refractivity contribution in [3.8, 4) is 0 Å². The Kier molecular flexibility index (Phi) is 3.90. The number of carbonyl (C=O) groups is 1. The molecule has 1 aromatic carbocycles. The number of amides is 1. The fourth-order valence-electron chi connectivity index (χ4n) is 2.42. The number of hydrogen-bond acceptors (Lipinski definition) is 2. The lowest BCUT2D eigenvalue weighted by Crippen LogP contribution is -2.34. The largest absolute Gasteiger partial charge is 0.384 e. The molecule has 0 atom stereocenters. The van der Waals surface area contributed by atoms with Gasteiger partial charge in [0.25, 0.3) is 5.91 Å². The van der Waals surface area contributed by atoms with E-state index in [4.69, 9.17) is 0 Å². The van der Waals surface area contributed by atoms with Gasteiger partial charge >= 0.3 is 0 Å². The maximum atomic E-state index is 12.4. The predicted octanol–water partition coefficient (Wildman–Crippen LogP) is 2.77. The van der Waals surface area contributed by atoms with Gasteiger partial charge in [-0.25, -0.2) is 0 Å². The molecule has 98 valence electrons. The molecular formula is C15H22N2O. The SMILES string of the molecule is CCN(CC(C)C)C(=O)c1ccc2c(c1)CCN2. The highest BCUT2D eigenvalue weighted by Crippen LogP contribution is 2.23. The first kappa shape index (κ1) is 12.9. The van der Waals surface area contributed by atoms with E-state index < -0.39 is 0 Å². The van der Waals surface area contributed by atoms with Gasteiger partial charge in [0.1, 0.15) is 0 Å². The molecule has 0 saturated heterocycles. The quantitative estimate of drug-likeness (QED) is 0.886. The monoisotopic (exact) mass is 246 g/mol. The molecule has 1 aliphatic heterocycles. The molecule has 1 heterocycles. The molecule has 0 bridgehead atoms. The second-order valence-corrected chi connectivity index (χ2v) is 5.29. The number of benzene rings is 1. The molecule has 3 heteroatoms. The van der Waals surface area contributed by atoms with Gasteiger partial charge in [-0.1, -0.05) is 13.8 Å². The minimum Gasteiger partial charge on any atom is -0.384 e. The van der Waals surface area contributed by atoms with E-state index in [2.05, 4.69) is 19.2 Å². The van der Waals surface area contributed by atoms with Crippen LogP contribution >= 0.6 is 0 Å². The van der Waals surface area contributed by atoms with Gasteiger partial charge in [0.15, 0.2) is 0 Å². The van der Waals surface area contributed by atoms with E-state index in [1.165, 1.54) is 11.3 Å². The van der Waals surface area contributed by atoms with E-state index in [-0.39, 0.29) is 5.91 Å². The first-order valence-corrected chi connectivity index (χ1v) is 6.78. The fourth-order valence-corrected chi connectivity index (χ4v) is 2.42. The molecule has 0 aromatic heterocycles. The molecule has 0 aliphatic carbocycles. The Balaban J connectivity index is 2.17. The zero-order valence-corrected chi connectivity index (χ0v) is 11.5. The summed E-state index contributed by atoms with van der Waals surface area (Å²) in [6.07, 6.45) is 1.02. The van der Waals surface area contributed by atoms with Crippen molar-refractivity contribution in [3.05, 3.63) is 29.3 Å². The van der Waals surface area contributed by atoms with Gasteiger partial charge in [-0.05, 0) is 43.0 Å². The van der Waals surface area contributed by atoms with Crippen molar-refractivity contribution in [1.29, 1.82) is 0 Å². The van der Waals surface area contributed by atoms with Crippen LogP contribution in [0.5, 0.6) is 0 Å². The molecule has 1 N–H and O–H groups in total. The van der Waals surface area contributed by atoms with Gasteiger partial charge in [-0.15, -0.1) is 0 Å². The van der Waals surface area contributed by atoms with Gasteiger partial charge in [0, 0.05) is 30.9 Å². The van der Waals surface area contributed by atoms with Gasteiger partial charge in [0.2, 0.25) is 0 Å². The zero-order valence-electron chi connectivity index (χ0n) is 11.5. The van der Waals surface area contributed by atoms with E-state index in [1.54, 1.807) is 0 Å². The Hall–Kier alpha value is -1.51. The number of carbonyl (C=O) groups excluding carboxylic acids is 1. The van der Waals surface area contributed by atoms with Crippen LogP contribution in [0.3, 0.4) is 0 Å². The van der Waals surface area contributed by atoms with Crippen LogP contribution in [0.1, 0.15) is 36.7 Å². The Labute approximate surface area is 109 Å². The topological polar surface area (TPSA) is 32.3 Å². The average molecular weight is 246 g/mol. The summed E-state index contributed by atoms with van der Waals surface area (Å²) in [6.45, 7) is 8.90. The summed E-state index contributed by atoms with van der Waals surface area (Å²) in [5.41, 5.74) is 3.26. The summed E-state index contributed by atoms with van der Waals surface area (Å²) in [4.78, 5) is 14.3. The lowest BCUT2D eigenvalue weighted by molar-refractivity contribution is 0.0745. The molecule has 1 aliphatic rings. The Morgan fingerprint density at radius 1 is 1.44 bits per heavy atom. The molecule has 0 spiro atoms. The van der Waals surface area contributed by atoms with E-state index in [0.29, 0.717) is 5.92 Å². The first-order valence-electron chi connectivity index (χ1n) is 6.78. The van der Waals surface area contributed by atoms with E-state index >= 15 is 0 Å². The fraction of sp³-hybridized carbons (Fsp3) is 0.533. The summed E-state index contributed by atoms with van der Waals surface area (Å²) in [5, 5.41) is 3.32. The lowest BCUT2D eigenvalue weighted by Gasteiger charge is -2.23. The third-order valence-corrected chi connectivity index (χ3v) is 3.32. The van der Waals surface area contributed by atoms with Crippen molar-refractivity contribution in [2.75, 3.05) is 25.0 Å². The van der Waals surface area contributed by atoms with Crippen molar-refractivity contribution in [1.82, 2.24) is 4.90 Å². The number of nitrogens with one attached hydrogen (secondary N) is 1. The standard InChI is InChI=1S/C15H22N2O/c1-4-17(10-11(2)3)15(18)13-5-6-14-12(9-13)7-8-16-14/h5-6,9,11,16H,4,7-8,10H2,1-3H3. The molecule has 0 unspecified atom stereocenters. The van der Waals surface area contributed by atoms with Crippen molar-refractivity contribution >= 4 is 11.6 Å². The summed E-state index contributed by atoms with van der Waals surface area (Å²) in [5.74, 6) is 0.658. The maximum absolute atomic E-state index is 12.4. The van der Waals surface area contributed by atoms with Crippen LogP contribution in [0.4, 0.5) is 5.69 Å². The van der Waals surface area contributed by atoms with Gasteiger partial charge < -0.3 is 10.2 Å². The number of fused-ring (bicyclic) bond motifs is 1. The van der Waals surface area contributed by atoms with Crippen molar-refractivity contribution < 1.29 is 4.79 Å². The molecule has 1 amide bonds. The second kappa shape index (κ2) is 5.42. The van der Waals surface area contributed by atoms with Crippen molar-refractivity contribution in [2.24, 2.45) is 5.92 Å². The van der Waals surface area contributed by atoms with Crippen LogP contribution in [0, 0.1) is 5.92 Å². The summed E-state index contributed by atoms with van der Waals surface area (Å²) >= 11 is 0. The third-order valence-electron chi connectivity index (χ3n) is 3.32. The Morgan fingerprint density at radius 3 is 2.89 bits per heavy atom. The summed E-state index contributed by atoms with van der Waals surface area (Å²) in [7, 11) is 0. The van der Waals surface area contributed by atoms with Crippen LogP contribution in [0.25, 0.3) is 0 Å². The highest BCUT2D eigenvalue weighted by molar-refractivity contribution is 5.95. The maximum Gasteiger partial charge on any atom is 0.253 e. The Bertz CT molecular complexity index is 440. The van der Waals surface area contributed by atoms with Gasteiger partial charge in [0.05, 0.1) is 0 Å². The van der Waals surface area contributed by atoms with Crippen molar-refractivity contribution in [3.63, 3.8) is 0 Å². The van der Waals surface area contributed by atoms with Crippen LogP contribution < -0.4 is 5.32 Å². The van der Waals surface area contributed by atoms with Gasteiger partial charge in [-0.3, -0.25) is 4.79 Å². The highest BCUT2D eigenvalue weighted by atomic mass is 16.2. The molecule has 0 fully saturated rings. The minimum atomic E-state index is 0.154. The Morgan fingerprint density at radius 2 is 2.22 bits per heavy atom. The third kappa shape index (κ3) is 2.66. The molecule has 18 heavy (non-hydrogen) atoms. The van der Waals surface area contributed by atoms with E-state index in [9.17, 15) is 4.79 Å². The summed E-state index contributed by atoms with van der Waals surface area (Å²) < 4.78 is 0. The van der Waals surface area contributed by atoms with E-state index in [0.717, 1.165) is 31.6 Å². The molecule has 2 rings (SSSR count). The average Bonchev–Trinajstić information content (AvgIpc) is 2.81. The molecule has 1 aromatic rings. The number of nitrogens with zero attached hydrogens (tertiary/aromatic N) is 1. The van der Waals surface area contributed by atoms with Crippen LogP contribution in [-0.2, 0) is 6.42 Å². The van der Waals surface area contributed by atoms with Crippen LogP contribution in [-0.4, -0.2) is 30.4 Å². The van der Waals surface area contributed by atoms with Crippen molar-refractivity contribution in [2.45, 2.75) is 27.2 Å². The minimum absolute atomic E-state index is 0.154.